The fourth-order valence-electron chi connectivity index (χ4n) is 3.76. The van der Waals surface area contributed by atoms with E-state index in [0.29, 0.717) is 0 Å². The molecule has 2 aromatic carbocycles. The molecule has 1 amide bonds. The van der Waals surface area contributed by atoms with Crippen molar-refractivity contribution in [1.82, 2.24) is 9.88 Å². The number of hydrogen-bond acceptors (Lipinski definition) is 5. The van der Waals surface area contributed by atoms with E-state index in [1.54, 1.807) is 0 Å². The summed E-state index contributed by atoms with van der Waals surface area (Å²) < 4.78 is 56.3. The number of carbonyl (C=O) groups is 3. The standard InChI is InChI=1S/C23H20F4N2O6/c1-11(21(33)28-8-7-19(31)32)20-12(2)29(17-10-16(24)18(30)9-15(17)20)22(34)13-3-5-14(6-4-13)35-23(25,26)27/h3-6,9-11,30H,7-8H2,1-2H3,(H,28,33)(H,31,32). The van der Waals surface area contributed by atoms with E-state index in [2.05, 4.69) is 10.1 Å². The van der Waals surface area contributed by atoms with Gasteiger partial charge in [0.15, 0.2) is 11.6 Å². The van der Waals surface area contributed by atoms with Crippen LogP contribution in [0.2, 0.25) is 0 Å². The first-order valence-corrected chi connectivity index (χ1v) is 10.2. The number of nitrogens with zero attached hydrogens (tertiary/aromatic N) is 1. The number of fused-ring (bicyclic) bond motifs is 1. The molecule has 186 valence electrons. The average Bonchev–Trinajstić information content (AvgIpc) is 3.02. The maximum atomic E-state index is 14.2. The Bertz CT molecular complexity index is 1300. The molecular weight excluding hydrogens is 476 g/mol. The SMILES string of the molecule is Cc1c(C(C)C(=O)NCCC(=O)O)c2cc(O)c(F)cc2n1C(=O)c1ccc(OC(F)(F)F)cc1. The number of carboxylic acid groups (broad SMARTS) is 1. The number of carboxylic acids is 1. The monoisotopic (exact) mass is 496 g/mol. The maximum absolute atomic E-state index is 14.2. The van der Waals surface area contributed by atoms with E-state index < -0.39 is 47.4 Å². The highest BCUT2D eigenvalue weighted by atomic mass is 19.4. The number of aromatic nitrogens is 1. The number of amides is 1. The average molecular weight is 496 g/mol. The molecule has 1 unspecified atom stereocenters. The molecule has 1 atom stereocenters. The Kier molecular flexibility index (Phi) is 7.04. The summed E-state index contributed by atoms with van der Waals surface area (Å²) in [6.45, 7) is 2.85. The molecule has 1 aromatic heterocycles. The number of nitrogens with one attached hydrogen (secondary N) is 1. The van der Waals surface area contributed by atoms with E-state index in [-0.39, 0.29) is 40.7 Å². The quantitative estimate of drug-likeness (QED) is 0.425. The number of phenolic OH excluding ortho intramolecular Hbond substituents is 1. The van der Waals surface area contributed by atoms with Gasteiger partial charge < -0.3 is 20.3 Å². The number of aliphatic carboxylic acids is 1. The number of aromatic hydroxyl groups is 1. The van der Waals surface area contributed by atoms with Crippen molar-refractivity contribution in [2.24, 2.45) is 0 Å². The Hall–Kier alpha value is -4.09. The fraction of sp³-hybridized carbons (Fsp3) is 0.261. The van der Waals surface area contributed by atoms with Gasteiger partial charge in [-0.15, -0.1) is 13.2 Å². The molecule has 0 saturated carbocycles. The van der Waals surface area contributed by atoms with Crippen molar-refractivity contribution in [2.75, 3.05) is 6.54 Å². The van der Waals surface area contributed by atoms with Gasteiger partial charge in [-0.3, -0.25) is 19.0 Å². The molecule has 1 heterocycles. The smallest absolute Gasteiger partial charge is 0.505 e. The second-order valence-corrected chi connectivity index (χ2v) is 7.69. The predicted octanol–water partition coefficient (Wildman–Crippen LogP) is 4.08. The van der Waals surface area contributed by atoms with Crippen LogP contribution in [0.1, 0.15) is 40.9 Å². The van der Waals surface area contributed by atoms with Gasteiger partial charge in [-0.1, -0.05) is 0 Å². The van der Waals surface area contributed by atoms with Gasteiger partial charge in [0.2, 0.25) is 5.91 Å². The van der Waals surface area contributed by atoms with Crippen molar-refractivity contribution in [2.45, 2.75) is 32.5 Å². The molecule has 12 heteroatoms. The number of halogens is 4. The minimum absolute atomic E-state index is 0.0265. The van der Waals surface area contributed by atoms with Gasteiger partial charge in [0.1, 0.15) is 5.75 Å². The molecule has 8 nitrogen and oxygen atoms in total. The van der Waals surface area contributed by atoms with Crippen molar-refractivity contribution in [3.8, 4) is 11.5 Å². The summed E-state index contributed by atoms with van der Waals surface area (Å²) in [7, 11) is 0. The van der Waals surface area contributed by atoms with Crippen molar-refractivity contribution in [3.63, 3.8) is 0 Å². The summed E-state index contributed by atoms with van der Waals surface area (Å²) in [4.78, 5) is 36.6. The van der Waals surface area contributed by atoms with Crippen molar-refractivity contribution in [3.05, 3.63) is 59.0 Å². The summed E-state index contributed by atoms with van der Waals surface area (Å²) in [5.74, 6) is -5.58. The topological polar surface area (TPSA) is 118 Å². The Balaban J connectivity index is 2.05. The van der Waals surface area contributed by atoms with Crippen LogP contribution in [0.5, 0.6) is 11.5 Å². The third-order valence-electron chi connectivity index (χ3n) is 5.32. The number of phenols is 1. The number of alkyl halides is 3. The predicted molar refractivity (Wildman–Crippen MR) is 115 cm³/mol. The fourth-order valence-corrected chi connectivity index (χ4v) is 3.76. The van der Waals surface area contributed by atoms with Gasteiger partial charge in [0.25, 0.3) is 5.91 Å². The van der Waals surface area contributed by atoms with Crippen LogP contribution in [0.25, 0.3) is 10.9 Å². The van der Waals surface area contributed by atoms with E-state index >= 15 is 0 Å². The van der Waals surface area contributed by atoms with Crippen LogP contribution in [-0.2, 0) is 9.59 Å². The number of ether oxygens (including phenoxy) is 1. The molecule has 0 aliphatic rings. The van der Waals surface area contributed by atoms with Crippen LogP contribution in [0.3, 0.4) is 0 Å². The zero-order chi connectivity index (χ0) is 26.1. The lowest BCUT2D eigenvalue weighted by Gasteiger charge is -2.14. The molecular formula is C23H20F4N2O6. The molecule has 0 aliphatic carbocycles. The van der Waals surface area contributed by atoms with E-state index in [1.165, 1.54) is 13.8 Å². The summed E-state index contributed by atoms with van der Waals surface area (Å²) in [5.41, 5.74) is 0.497. The van der Waals surface area contributed by atoms with Gasteiger partial charge in [0.05, 0.1) is 17.9 Å². The number of rotatable bonds is 7. The van der Waals surface area contributed by atoms with Gasteiger partial charge in [0, 0.05) is 29.3 Å². The first-order valence-electron chi connectivity index (χ1n) is 10.2. The molecule has 3 N–H and O–H groups in total. The van der Waals surface area contributed by atoms with Crippen molar-refractivity contribution < 1.29 is 46.9 Å². The number of hydrogen-bond donors (Lipinski definition) is 3. The number of carbonyl (C=O) groups excluding carboxylic acids is 2. The second kappa shape index (κ2) is 9.65. The lowest BCUT2D eigenvalue weighted by Crippen LogP contribution is -2.30. The summed E-state index contributed by atoms with van der Waals surface area (Å²) in [6, 6.07) is 6.09. The molecule has 3 rings (SSSR count). The van der Waals surface area contributed by atoms with Crippen LogP contribution in [0, 0.1) is 12.7 Å². The van der Waals surface area contributed by atoms with Gasteiger partial charge in [-0.05, 0) is 49.7 Å². The Morgan fingerprint density at radius 2 is 1.77 bits per heavy atom. The van der Waals surface area contributed by atoms with Crippen LogP contribution < -0.4 is 10.1 Å². The van der Waals surface area contributed by atoms with E-state index in [1.807, 2.05) is 0 Å². The molecule has 35 heavy (non-hydrogen) atoms. The van der Waals surface area contributed by atoms with E-state index in [0.717, 1.165) is 41.0 Å². The summed E-state index contributed by atoms with van der Waals surface area (Å²) >= 11 is 0. The van der Waals surface area contributed by atoms with E-state index in [4.69, 9.17) is 5.11 Å². The van der Waals surface area contributed by atoms with Gasteiger partial charge in [-0.25, -0.2) is 4.39 Å². The Morgan fingerprint density at radius 1 is 1.14 bits per heavy atom. The molecule has 0 fully saturated rings. The van der Waals surface area contributed by atoms with Crippen LogP contribution in [-0.4, -0.2) is 45.5 Å². The van der Waals surface area contributed by atoms with Crippen molar-refractivity contribution in [1.29, 1.82) is 0 Å². The zero-order valence-electron chi connectivity index (χ0n) is 18.4. The molecule has 0 aliphatic heterocycles. The molecule has 0 bridgehead atoms. The zero-order valence-corrected chi connectivity index (χ0v) is 18.4. The first-order chi connectivity index (χ1) is 16.3. The van der Waals surface area contributed by atoms with Gasteiger partial charge >= 0.3 is 12.3 Å². The first kappa shape index (κ1) is 25.5. The molecule has 0 saturated heterocycles. The van der Waals surface area contributed by atoms with Crippen molar-refractivity contribution >= 4 is 28.7 Å². The maximum Gasteiger partial charge on any atom is 0.573 e. The second-order valence-electron chi connectivity index (χ2n) is 7.69. The van der Waals surface area contributed by atoms with Crippen LogP contribution in [0.4, 0.5) is 17.6 Å². The van der Waals surface area contributed by atoms with Gasteiger partial charge in [-0.2, -0.15) is 0 Å². The minimum Gasteiger partial charge on any atom is -0.505 e. The lowest BCUT2D eigenvalue weighted by molar-refractivity contribution is -0.274. The highest BCUT2D eigenvalue weighted by Crippen LogP contribution is 2.36. The van der Waals surface area contributed by atoms with Crippen LogP contribution >= 0.6 is 0 Å². The largest absolute Gasteiger partial charge is 0.573 e. The third kappa shape index (κ3) is 5.53. The minimum atomic E-state index is -4.91. The summed E-state index contributed by atoms with van der Waals surface area (Å²) in [6.07, 6.45) is -5.22. The third-order valence-corrected chi connectivity index (χ3v) is 5.32. The molecule has 0 spiro atoms. The summed E-state index contributed by atoms with van der Waals surface area (Å²) in [5, 5.41) is 21.3. The highest BCUT2D eigenvalue weighted by molar-refractivity contribution is 6.05. The lowest BCUT2D eigenvalue weighted by atomic mass is 9.96. The normalized spacial score (nSPS) is 12.4. The Morgan fingerprint density at radius 3 is 2.34 bits per heavy atom. The number of benzene rings is 2. The Labute approximate surface area is 195 Å². The van der Waals surface area contributed by atoms with Crippen LogP contribution in [0.15, 0.2) is 36.4 Å². The molecule has 0 radical (unpaired) electrons. The molecule has 3 aromatic rings. The highest BCUT2D eigenvalue weighted by Gasteiger charge is 2.31. The van der Waals surface area contributed by atoms with E-state index in [9.17, 15) is 37.1 Å².